The molecule has 6 nitrogen and oxygen atoms in total. The van der Waals surface area contributed by atoms with Gasteiger partial charge in [0.2, 0.25) is 0 Å². The smallest absolute Gasteiger partial charge is 0.157 e. The lowest BCUT2D eigenvalue weighted by Crippen LogP contribution is -2.46. The number of hydrogen-bond acceptors (Lipinski definition) is 6. The molecular weight excluding hydrogens is 276 g/mol. The topological polar surface area (TPSA) is 75.2 Å². The normalized spacial score (nSPS) is 22.8. The van der Waals surface area contributed by atoms with Crippen molar-refractivity contribution in [2.45, 2.75) is 12.2 Å². The van der Waals surface area contributed by atoms with Gasteiger partial charge in [-0.1, -0.05) is 11.6 Å². The van der Waals surface area contributed by atoms with E-state index in [1.807, 2.05) is 4.90 Å². The quantitative estimate of drug-likeness (QED) is 0.812. The molecule has 8 heteroatoms. The lowest BCUT2D eigenvalue weighted by atomic mass is 10.3. The van der Waals surface area contributed by atoms with E-state index in [-0.39, 0.29) is 5.75 Å². The maximum atomic E-state index is 11.7. The highest BCUT2D eigenvalue weighted by Gasteiger charge is 2.31. The summed E-state index contributed by atoms with van der Waals surface area (Å²) in [5.74, 6) is 0.790. The van der Waals surface area contributed by atoms with Gasteiger partial charge in [0, 0.05) is 20.1 Å². The van der Waals surface area contributed by atoms with Crippen LogP contribution in [0, 0.1) is 0 Å². The summed E-state index contributed by atoms with van der Waals surface area (Å²) < 4.78 is 23.4. The molecule has 1 fully saturated rings. The van der Waals surface area contributed by atoms with Crippen LogP contribution in [0.5, 0.6) is 0 Å². The number of anilines is 2. The lowest BCUT2D eigenvalue weighted by Gasteiger charge is -2.32. The number of halogens is 1. The fourth-order valence-corrected chi connectivity index (χ4v) is 3.46. The highest BCUT2D eigenvalue weighted by molar-refractivity contribution is 7.92. The van der Waals surface area contributed by atoms with Gasteiger partial charge in [-0.25, -0.2) is 18.4 Å². The first-order valence-electron chi connectivity index (χ1n) is 5.60. The van der Waals surface area contributed by atoms with E-state index in [1.165, 1.54) is 6.33 Å². The van der Waals surface area contributed by atoms with Gasteiger partial charge in [0.05, 0.1) is 11.0 Å². The minimum Gasteiger partial charge on any atom is -0.383 e. The van der Waals surface area contributed by atoms with Crippen LogP contribution in [0.1, 0.15) is 6.92 Å². The van der Waals surface area contributed by atoms with Crippen molar-refractivity contribution in [3.05, 3.63) is 11.5 Å². The molecule has 1 aliphatic rings. The van der Waals surface area contributed by atoms with E-state index in [0.717, 1.165) is 0 Å². The van der Waals surface area contributed by atoms with Gasteiger partial charge in [-0.3, -0.25) is 0 Å². The lowest BCUT2D eigenvalue weighted by molar-refractivity contribution is 0.568. The van der Waals surface area contributed by atoms with E-state index in [9.17, 15) is 8.42 Å². The first kappa shape index (κ1) is 13.4. The highest BCUT2D eigenvalue weighted by atomic mass is 35.5. The minimum atomic E-state index is -2.97. The number of nitrogens with one attached hydrogen (secondary N) is 1. The van der Waals surface area contributed by atoms with E-state index in [2.05, 4.69) is 15.3 Å². The van der Waals surface area contributed by atoms with Gasteiger partial charge < -0.3 is 10.2 Å². The van der Waals surface area contributed by atoms with Crippen molar-refractivity contribution in [2.24, 2.45) is 0 Å². The summed E-state index contributed by atoms with van der Waals surface area (Å²) in [5, 5.41) is 2.89. The molecule has 0 aromatic carbocycles. The van der Waals surface area contributed by atoms with Crippen molar-refractivity contribution in [1.29, 1.82) is 0 Å². The fraction of sp³-hybridized carbons (Fsp3) is 0.600. The van der Waals surface area contributed by atoms with Crippen molar-refractivity contribution in [2.75, 3.05) is 36.1 Å². The standard InChI is InChI=1S/C10H15ClN4O2S/c1-7-5-15(3-4-18(7,16)17)10-8(12-2)9(11)13-6-14-10/h6-7,12H,3-5H2,1-2H3. The average molecular weight is 291 g/mol. The Morgan fingerprint density at radius 3 is 2.83 bits per heavy atom. The molecular formula is C10H15ClN4O2S. The Bertz CT molecular complexity index is 549. The molecule has 1 aliphatic heterocycles. The van der Waals surface area contributed by atoms with Crippen LogP contribution in [0.25, 0.3) is 0 Å². The summed E-state index contributed by atoms with van der Waals surface area (Å²) in [6, 6.07) is 0. The summed E-state index contributed by atoms with van der Waals surface area (Å²) in [5.41, 5.74) is 0.630. The van der Waals surface area contributed by atoms with Crippen LogP contribution >= 0.6 is 11.6 Å². The van der Waals surface area contributed by atoms with E-state index in [4.69, 9.17) is 11.6 Å². The highest BCUT2D eigenvalue weighted by Crippen LogP contribution is 2.30. The predicted molar refractivity (Wildman–Crippen MR) is 72.1 cm³/mol. The zero-order chi connectivity index (χ0) is 13.3. The second-order valence-electron chi connectivity index (χ2n) is 4.24. The van der Waals surface area contributed by atoms with Gasteiger partial charge in [0.25, 0.3) is 0 Å². The number of aromatic nitrogens is 2. The van der Waals surface area contributed by atoms with E-state index < -0.39 is 15.1 Å². The molecule has 100 valence electrons. The summed E-state index contributed by atoms with van der Waals surface area (Å²) in [4.78, 5) is 10.0. The zero-order valence-corrected chi connectivity index (χ0v) is 11.8. The Morgan fingerprint density at radius 1 is 1.50 bits per heavy atom. The molecule has 0 bridgehead atoms. The number of nitrogens with zero attached hydrogens (tertiary/aromatic N) is 3. The molecule has 0 aliphatic carbocycles. The van der Waals surface area contributed by atoms with Crippen LogP contribution in [0.2, 0.25) is 5.15 Å². The Hall–Kier alpha value is -1.08. The number of hydrogen-bond donors (Lipinski definition) is 1. The molecule has 0 spiro atoms. The van der Waals surface area contributed by atoms with E-state index in [0.29, 0.717) is 29.7 Å². The molecule has 1 aromatic rings. The summed E-state index contributed by atoms with van der Waals surface area (Å²) in [6.07, 6.45) is 1.38. The molecule has 1 atom stereocenters. The first-order chi connectivity index (χ1) is 8.45. The zero-order valence-electron chi connectivity index (χ0n) is 10.2. The Kier molecular flexibility index (Phi) is 3.63. The van der Waals surface area contributed by atoms with Crippen LogP contribution in [0.15, 0.2) is 6.33 Å². The molecule has 2 heterocycles. The van der Waals surface area contributed by atoms with E-state index >= 15 is 0 Å². The molecule has 0 radical (unpaired) electrons. The first-order valence-corrected chi connectivity index (χ1v) is 7.70. The number of rotatable bonds is 2. The number of sulfone groups is 1. The SMILES string of the molecule is CNc1c(Cl)ncnc1N1CCS(=O)(=O)C(C)C1. The summed E-state index contributed by atoms with van der Waals surface area (Å²) in [7, 11) is -1.24. The molecule has 0 saturated carbocycles. The molecule has 1 N–H and O–H groups in total. The maximum Gasteiger partial charge on any atom is 0.157 e. The van der Waals surface area contributed by atoms with Crippen LogP contribution in [0.4, 0.5) is 11.5 Å². The van der Waals surface area contributed by atoms with Crippen molar-refractivity contribution in [3.63, 3.8) is 0 Å². The summed E-state index contributed by atoms with van der Waals surface area (Å²) in [6.45, 7) is 2.56. The van der Waals surface area contributed by atoms with Crippen LogP contribution in [-0.2, 0) is 9.84 Å². The maximum absolute atomic E-state index is 11.7. The van der Waals surface area contributed by atoms with Crippen LogP contribution in [0.3, 0.4) is 0 Å². The second-order valence-corrected chi connectivity index (χ2v) is 7.13. The largest absolute Gasteiger partial charge is 0.383 e. The van der Waals surface area contributed by atoms with E-state index in [1.54, 1.807) is 14.0 Å². The van der Waals surface area contributed by atoms with Crippen LogP contribution in [-0.4, -0.2) is 49.5 Å². The third-order valence-electron chi connectivity index (χ3n) is 3.07. The minimum absolute atomic E-state index is 0.138. The third-order valence-corrected chi connectivity index (χ3v) is 5.48. The third kappa shape index (κ3) is 2.37. The molecule has 1 aromatic heterocycles. The van der Waals surface area contributed by atoms with Gasteiger partial charge in [-0.2, -0.15) is 0 Å². The Labute approximate surface area is 111 Å². The summed E-state index contributed by atoms with van der Waals surface area (Å²) >= 11 is 5.98. The van der Waals surface area contributed by atoms with Gasteiger partial charge in [0.1, 0.15) is 12.0 Å². The predicted octanol–water partition coefficient (Wildman–Crippen LogP) is 0.795. The monoisotopic (exact) mass is 290 g/mol. The molecule has 1 saturated heterocycles. The van der Waals surface area contributed by atoms with Crippen molar-refractivity contribution in [1.82, 2.24) is 9.97 Å². The van der Waals surface area contributed by atoms with Crippen molar-refractivity contribution >= 4 is 32.9 Å². The van der Waals surface area contributed by atoms with Crippen LogP contribution < -0.4 is 10.2 Å². The second kappa shape index (κ2) is 4.89. The van der Waals surface area contributed by atoms with Crippen molar-refractivity contribution < 1.29 is 8.42 Å². The fourth-order valence-electron chi connectivity index (χ4n) is 1.96. The van der Waals surface area contributed by atoms with Gasteiger partial charge >= 0.3 is 0 Å². The Balaban J connectivity index is 2.32. The van der Waals surface area contributed by atoms with Gasteiger partial charge in [-0.05, 0) is 6.92 Å². The molecule has 18 heavy (non-hydrogen) atoms. The van der Waals surface area contributed by atoms with Crippen molar-refractivity contribution in [3.8, 4) is 0 Å². The Morgan fingerprint density at radius 2 is 2.22 bits per heavy atom. The van der Waals surface area contributed by atoms with Gasteiger partial charge in [-0.15, -0.1) is 0 Å². The molecule has 1 unspecified atom stereocenters. The van der Waals surface area contributed by atoms with Gasteiger partial charge in [0.15, 0.2) is 20.8 Å². The molecule has 2 rings (SSSR count). The average Bonchev–Trinajstić information content (AvgIpc) is 2.32. The molecule has 0 amide bonds.